The Morgan fingerprint density at radius 2 is 1.85 bits per heavy atom. The molecule has 0 spiro atoms. The second-order valence-corrected chi connectivity index (χ2v) is 6.80. The molecule has 0 aromatic heterocycles. The molecule has 2 aromatic carbocycles. The average Bonchev–Trinajstić information content (AvgIpc) is 2.64. The number of para-hydroxylation sites is 1. The van der Waals surface area contributed by atoms with Gasteiger partial charge in [-0.1, -0.05) is 49.7 Å². The Hall–Kier alpha value is -2.40. The summed E-state index contributed by atoms with van der Waals surface area (Å²) in [6, 6.07) is 11.7. The number of carbonyl (C=O) groups excluding carboxylic acids is 2. The van der Waals surface area contributed by atoms with Gasteiger partial charge in [0.2, 0.25) is 0 Å². The average molecular weight is 392 g/mol. The lowest BCUT2D eigenvalue weighted by Crippen LogP contribution is -2.31. The number of rotatable bonds is 7. The summed E-state index contributed by atoms with van der Waals surface area (Å²) in [5, 5.41) is 2.95. The molecule has 144 valence electrons. The monoisotopic (exact) mass is 391 g/mol. The van der Waals surface area contributed by atoms with E-state index in [0.717, 1.165) is 12.0 Å². The molecule has 1 amide bonds. The van der Waals surface area contributed by atoms with Gasteiger partial charge < -0.3 is 10.1 Å². The number of esters is 1. The number of ether oxygens (including phenoxy) is 1. The molecule has 0 fully saturated rings. The summed E-state index contributed by atoms with van der Waals surface area (Å²) in [5.74, 6) is -1.47. The van der Waals surface area contributed by atoms with E-state index in [9.17, 15) is 14.0 Å². The van der Waals surface area contributed by atoms with Gasteiger partial charge in [-0.2, -0.15) is 0 Å². The van der Waals surface area contributed by atoms with Gasteiger partial charge in [0, 0.05) is 16.3 Å². The second kappa shape index (κ2) is 9.51. The van der Waals surface area contributed by atoms with Crippen LogP contribution in [0.4, 0.5) is 10.1 Å². The van der Waals surface area contributed by atoms with Gasteiger partial charge in [0.15, 0.2) is 6.10 Å². The first kappa shape index (κ1) is 20.9. The number of hydrogen-bond acceptors (Lipinski definition) is 3. The molecule has 1 N–H and O–H groups in total. The Bertz CT molecular complexity index is 805. The van der Waals surface area contributed by atoms with Crippen LogP contribution in [0.25, 0.3) is 0 Å². The zero-order valence-electron chi connectivity index (χ0n) is 15.6. The number of hydrogen-bond donors (Lipinski definition) is 1. The molecule has 0 aliphatic carbocycles. The maximum atomic E-state index is 13.8. The maximum Gasteiger partial charge on any atom is 0.311 e. The van der Waals surface area contributed by atoms with Crippen LogP contribution in [0.5, 0.6) is 0 Å². The van der Waals surface area contributed by atoms with Gasteiger partial charge in [-0.25, -0.2) is 4.39 Å². The van der Waals surface area contributed by atoms with Gasteiger partial charge in [-0.3, -0.25) is 9.59 Å². The predicted molar refractivity (Wildman–Crippen MR) is 104 cm³/mol. The van der Waals surface area contributed by atoms with Crippen molar-refractivity contribution in [3.63, 3.8) is 0 Å². The third kappa shape index (κ3) is 5.54. The van der Waals surface area contributed by atoms with E-state index in [4.69, 9.17) is 16.3 Å². The maximum absolute atomic E-state index is 13.8. The fourth-order valence-electron chi connectivity index (χ4n) is 2.63. The summed E-state index contributed by atoms with van der Waals surface area (Å²) < 4.78 is 18.9. The normalized spacial score (nSPS) is 12.9. The minimum atomic E-state index is -1.02. The van der Waals surface area contributed by atoms with Gasteiger partial charge >= 0.3 is 5.97 Å². The summed E-state index contributed by atoms with van der Waals surface area (Å²) in [4.78, 5) is 24.5. The molecule has 2 aromatic rings. The zero-order chi connectivity index (χ0) is 20.0. The molecule has 27 heavy (non-hydrogen) atoms. The second-order valence-electron chi connectivity index (χ2n) is 6.39. The van der Waals surface area contributed by atoms with Crippen LogP contribution in [0.1, 0.15) is 44.2 Å². The molecule has 2 rings (SSSR count). The Labute approximate surface area is 163 Å². The van der Waals surface area contributed by atoms with Crippen LogP contribution in [0, 0.1) is 5.82 Å². The molecular formula is C21H23ClFNO3. The van der Waals surface area contributed by atoms with Crippen molar-refractivity contribution in [1.82, 2.24) is 0 Å². The number of nitrogens with one attached hydrogen (secondary N) is 1. The Kier molecular flexibility index (Phi) is 7.36. The highest BCUT2D eigenvalue weighted by Gasteiger charge is 2.21. The lowest BCUT2D eigenvalue weighted by atomic mass is 9.97. The Morgan fingerprint density at radius 3 is 2.52 bits per heavy atom. The van der Waals surface area contributed by atoms with Crippen LogP contribution < -0.4 is 5.32 Å². The van der Waals surface area contributed by atoms with Gasteiger partial charge in [0.25, 0.3) is 5.91 Å². The van der Waals surface area contributed by atoms with Crippen molar-refractivity contribution in [3.05, 3.63) is 64.4 Å². The summed E-state index contributed by atoms with van der Waals surface area (Å²) >= 11 is 5.91. The third-order valence-corrected chi connectivity index (χ3v) is 4.78. The molecule has 2 atom stereocenters. The summed E-state index contributed by atoms with van der Waals surface area (Å²) in [6.45, 7) is 5.62. The van der Waals surface area contributed by atoms with Crippen molar-refractivity contribution in [2.45, 2.75) is 45.6 Å². The van der Waals surface area contributed by atoms with Crippen molar-refractivity contribution in [2.75, 3.05) is 5.32 Å². The van der Waals surface area contributed by atoms with Gasteiger partial charge in [-0.05, 0) is 43.0 Å². The number of carbonyl (C=O) groups is 2. The van der Waals surface area contributed by atoms with Crippen LogP contribution >= 0.6 is 11.6 Å². The largest absolute Gasteiger partial charge is 0.452 e. The highest BCUT2D eigenvalue weighted by atomic mass is 35.5. The van der Waals surface area contributed by atoms with Gasteiger partial charge in [0.1, 0.15) is 5.82 Å². The highest BCUT2D eigenvalue weighted by Crippen LogP contribution is 2.26. The van der Waals surface area contributed by atoms with E-state index in [0.29, 0.717) is 5.69 Å². The van der Waals surface area contributed by atoms with E-state index in [1.807, 2.05) is 24.3 Å². The first-order chi connectivity index (χ1) is 12.8. The van der Waals surface area contributed by atoms with E-state index < -0.39 is 23.8 Å². The zero-order valence-corrected chi connectivity index (χ0v) is 16.3. The Balaban J connectivity index is 2.01. The van der Waals surface area contributed by atoms with Crippen LogP contribution in [0.2, 0.25) is 5.02 Å². The first-order valence-corrected chi connectivity index (χ1v) is 9.23. The molecule has 4 nitrogen and oxygen atoms in total. The number of amides is 1. The first-order valence-electron chi connectivity index (χ1n) is 8.85. The quantitative estimate of drug-likeness (QED) is 0.667. The molecule has 0 aliphatic heterocycles. The third-order valence-electron chi connectivity index (χ3n) is 4.42. The molecule has 6 heteroatoms. The van der Waals surface area contributed by atoms with Crippen molar-refractivity contribution in [3.8, 4) is 0 Å². The van der Waals surface area contributed by atoms with Crippen molar-refractivity contribution in [2.24, 2.45) is 0 Å². The number of anilines is 1. The summed E-state index contributed by atoms with van der Waals surface area (Å²) in [6.07, 6.45) is -0.430. The van der Waals surface area contributed by atoms with Crippen molar-refractivity contribution in [1.29, 1.82) is 0 Å². The lowest BCUT2D eigenvalue weighted by Gasteiger charge is -2.18. The van der Waals surface area contributed by atoms with E-state index in [1.165, 1.54) is 25.1 Å². The van der Waals surface area contributed by atoms with Crippen LogP contribution in [0.3, 0.4) is 0 Å². The lowest BCUT2D eigenvalue weighted by molar-refractivity contribution is -0.152. The molecule has 0 aliphatic rings. The minimum Gasteiger partial charge on any atom is -0.452 e. The molecule has 0 saturated heterocycles. The predicted octanol–water partition coefficient (Wildman–Crippen LogP) is 5.11. The van der Waals surface area contributed by atoms with E-state index in [1.54, 1.807) is 0 Å². The molecule has 0 unspecified atom stereocenters. The minimum absolute atomic E-state index is 0.0545. The number of benzene rings is 2. The molecule has 0 radical (unpaired) electrons. The molecule has 0 heterocycles. The van der Waals surface area contributed by atoms with Crippen molar-refractivity contribution < 1.29 is 18.7 Å². The fourth-order valence-corrected chi connectivity index (χ4v) is 2.86. The summed E-state index contributed by atoms with van der Waals surface area (Å²) in [5.41, 5.74) is 1.76. The Morgan fingerprint density at radius 1 is 1.15 bits per heavy atom. The molecule has 0 saturated carbocycles. The van der Waals surface area contributed by atoms with E-state index in [2.05, 4.69) is 19.2 Å². The van der Waals surface area contributed by atoms with E-state index in [-0.39, 0.29) is 22.9 Å². The summed E-state index contributed by atoms with van der Waals surface area (Å²) in [7, 11) is 0. The molecule has 0 bridgehead atoms. The topological polar surface area (TPSA) is 55.4 Å². The van der Waals surface area contributed by atoms with Crippen LogP contribution in [-0.2, 0) is 20.7 Å². The standard InChI is InChI=1S/C21H23ClFNO3/c1-4-13(2)15-8-5-6-11-19(15)24-21(26)14(3)27-20(25)12-16-17(22)9-7-10-18(16)23/h5-11,13-14H,4,12H2,1-3H3,(H,24,26)/t13-,14-/m1/s1. The van der Waals surface area contributed by atoms with Crippen LogP contribution in [0.15, 0.2) is 42.5 Å². The van der Waals surface area contributed by atoms with Gasteiger partial charge in [-0.15, -0.1) is 0 Å². The SMILES string of the molecule is CC[C@@H](C)c1ccccc1NC(=O)[C@@H](C)OC(=O)Cc1c(F)cccc1Cl. The number of halogens is 2. The van der Waals surface area contributed by atoms with Crippen molar-refractivity contribution >= 4 is 29.2 Å². The fraction of sp³-hybridized carbons (Fsp3) is 0.333. The van der Waals surface area contributed by atoms with Gasteiger partial charge in [0.05, 0.1) is 6.42 Å². The smallest absolute Gasteiger partial charge is 0.311 e. The van der Waals surface area contributed by atoms with Crippen LogP contribution in [-0.4, -0.2) is 18.0 Å². The highest BCUT2D eigenvalue weighted by molar-refractivity contribution is 6.31. The van der Waals surface area contributed by atoms with E-state index >= 15 is 0 Å². The molecular weight excluding hydrogens is 369 g/mol.